The van der Waals surface area contributed by atoms with E-state index in [0.29, 0.717) is 13.2 Å². The van der Waals surface area contributed by atoms with Crippen molar-refractivity contribution in [3.8, 4) is 0 Å². The quantitative estimate of drug-likeness (QED) is 0.429. The van der Waals surface area contributed by atoms with E-state index in [-0.39, 0.29) is 38.4 Å². The molecule has 9 nitrogen and oxygen atoms in total. The first-order chi connectivity index (χ1) is 11.3. The highest BCUT2D eigenvalue weighted by molar-refractivity contribution is 6.69. The Morgan fingerprint density at radius 3 is 1.71 bits per heavy atom. The van der Waals surface area contributed by atoms with Crippen molar-refractivity contribution >= 4 is 8.32 Å². The lowest BCUT2D eigenvalue weighted by molar-refractivity contribution is 0.275. The molecule has 3 heterocycles. The minimum absolute atomic E-state index is 0.124. The van der Waals surface area contributed by atoms with Crippen LogP contribution in [-0.2, 0) is 33.5 Å². The zero-order valence-electron chi connectivity index (χ0n) is 14.2. The maximum atomic E-state index is 12.6. The molecule has 10 heteroatoms. The summed E-state index contributed by atoms with van der Waals surface area (Å²) in [5, 5.41) is 0. The second-order valence-corrected chi connectivity index (χ2v) is 11.6. The number of epoxide rings is 2. The third-order valence-electron chi connectivity index (χ3n) is 3.81. The lowest BCUT2D eigenvalue weighted by atomic mass is 10.4. The summed E-state index contributed by atoms with van der Waals surface area (Å²) in [6.07, 6.45) is -0.268. The molecule has 1 aromatic heterocycles. The van der Waals surface area contributed by atoms with Gasteiger partial charge in [-0.05, 0) is 19.6 Å². The largest absolute Gasteiger partial charge is 0.416 e. The van der Waals surface area contributed by atoms with Crippen LogP contribution in [0.3, 0.4) is 0 Å². The Morgan fingerprint density at radius 1 is 0.917 bits per heavy atom. The van der Waals surface area contributed by atoms with E-state index in [0.717, 1.165) is 13.7 Å². The molecule has 24 heavy (non-hydrogen) atoms. The number of hydrogen-bond donors (Lipinski definition) is 0. The molecule has 0 radical (unpaired) electrons. The van der Waals surface area contributed by atoms with Gasteiger partial charge in [-0.25, -0.2) is 28.1 Å². The van der Waals surface area contributed by atoms with E-state index in [9.17, 15) is 14.4 Å². The highest BCUT2D eigenvalue weighted by Gasteiger charge is 2.29. The molecule has 2 saturated heterocycles. The highest BCUT2D eigenvalue weighted by atomic mass is 28.4. The minimum Gasteiger partial charge on any atom is -0.416 e. The van der Waals surface area contributed by atoms with Gasteiger partial charge in [-0.3, -0.25) is 0 Å². The van der Waals surface area contributed by atoms with Crippen molar-refractivity contribution in [2.45, 2.75) is 51.5 Å². The molecule has 1 aromatic rings. The Balaban J connectivity index is 1.93. The first-order valence-corrected chi connectivity index (χ1v) is 11.5. The molecular weight excluding hydrogens is 334 g/mol. The summed E-state index contributed by atoms with van der Waals surface area (Å²) in [6.45, 7) is 7.86. The maximum absolute atomic E-state index is 12.6. The van der Waals surface area contributed by atoms with Crippen LogP contribution in [0.15, 0.2) is 14.4 Å². The van der Waals surface area contributed by atoms with Crippen molar-refractivity contribution in [1.82, 2.24) is 13.7 Å². The van der Waals surface area contributed by atoms with Crippen LogP contribution in [0.2, 0.25) is 19.6 Å². The molecule has 0 aromatic carbocycles. The third kappa shape index (κ3) is 4.12. The molecule has 2 fully saturated rings. The van der Waals surface area contributed by atoms with Crippen LogP contribution in [0.4, 0.5) is 0 Å². The molecule has 3 rings (SSSR count). The van der Waals surface area contributed by atoms with Crippen LogP contribution in [-0.4, -0.2) is 54.0 Å². The van der Waals surface area contributed by atoms with Crippen LogP contribution in [0.1, 0.15) is 0 Å². The van der Waals surface area contributed by atoms with Crippen LogP contribution >= 0.6 is 0 Å². The van der Waals surface area contributed by atoms with Crippen LogP contribution in [0, 0.1) is 0 Å². The molecule has 0 amide bonds. The Morgan fingerprint density at radius 2 is 1.33 bits per heavy atom. The third-order valence-corrected chi connectivity index (χ3v) is 4.88. The first-order valence-electron chi connectivity index (χ1n) is 8.08. The Labute approximate surface area is 139 Å². The van der Waals surface area contributed by atoms with Gasteiger partial charge in [0.15, 0.2) is 8.32 Å². The van der Waals surface area contributed by atoms with E-state index >= 15 is 0 Å². The molecular formula is C14H23N3O6Si. The zero-order valence-corrected chi connectivity index (χ0v) is 15.2. The monoisotopic (exact) mass is 357 g/mol. The van der Waals surface area contributed by atoms with Crippen LogP contribution in [0.25, 0.3) is 0 Å². The van der Waals surface area contributed by atoms with Gasteiger partial charge in [-0.1, -0.05) is 0 Å². The molecule has 2 atom stereocenters. The smallest absolute Gasteiger partial charge is 0.336 e. The average molecular weight is 357 g/mol. The topological polar surface area (TPSA) is 100 Å². The molecule has 0 bridgehead atoms. The summed E-state index contributed by atoms with van der Waals surface area (Å²) >= 11 is 0. The van der Waals surface area contributed by atoms with E-state index in [1.165, 1.54) is 0 Å². The lowest BCUT2D eigenvalue weighted by Crippen LogP contribution is -2.55. The summed E-state index contributed by atoms with van der Waals surface area (Å²) in [6, 6.07) is 0. The SMILES string of the molecule is C[Si](C)(C)OCCn1c(=O)n(CC2CO2)c(=O)n(CC2CO2)c1=O. The number of hydrogen-bond acceptors (Lipinski definition) is 6. The van der Waals surface area contributed by atoms with Crippen molar-refractivity contribution < 1.29 is 13.9 Å². The van der Waals surface area contributed by atoms with Crippen LogP contribution in [0.5, 0.6) is 0 Å². The standard InChI is InChI=1S/C14H23N3O6Si/c1-24(2,3)23-5-4-15-12(18)16(6-10-8-21-10)14(20)17(13(15)19)7-11-9-22-11/h10-11H,4-9H2,1-3H3. The van der Waals surface area contributed by atoms with Gasteiger partial charge in [0.2, 0.25) is 0 Å². The van der Waals surface area contributed by atoms with Crippen molar-refractivity contribution in [2.24, 2.45) is 0 Å². The van der Waals surface area contributed by atoms with E-state index in [2.05, 4.69) is 0 Å². The van der Waals surface area contributed by atoms with Gasteiger partial charge in [0, 0.05) is 0 Å². The molecule has 2 aliphatic rings. The predicted molar refractivity (Wildman–Crippen MR) is 88.0 cm³/mol. The number of nitrogens with zero attached hydrogens (tertiary/aromatic N) is 3. The van der Waals surface area contributed by atoms with Gasteiger partial charge in [-0.2, -0.15) is 0 Å². The minimum atomic E-state index is -1.75. The van der Waals surface area contributed by atoms with Crippen molar-refractivity contribution in [3.05, 3.63) is 31.5 Å². The summed E-state index contributed by atoms with van der Waals surface area (Å²) in [4.78, 5) is 37.6. The molecule has 134 valence electrons. The summed E-state index contributed by atoms with van der Waals surface area (Å²) in [5.41, 5.74) is -1.81. The van der Waals surface area contributed by atoms with Gasteiger partial charge < -0.3 is 13.9 Å². The molecule has 2 unspecified atom stereocenters. The Bertz CT molecular complexity index is 729. The number of ether oxygens (including phenoxy) is 2. The predicted octanol–water partition coefficient (Wildman–Crippen LogP) is -1.18. The fraction of sp³-hybridized carbons (Fsp3) is 0.786. The summed E-state index contributed by atoms with van der Waals surface area (Å²) < 4.78 is 19.2. The molecule has 0 aliphatic carbocycles. The van der Waals surface area contributed by atoms with E-state index in [1.54, 1.807) is 0 Å². The first kappa shape index (κ1) is 17.3. The second kappa shape index (κ2) is 6.43. The number of aromatic nitrogens is 3. The average Bonchev–Trinajstić information content (AvgIpc) is 3.37. The summed E-state index contributed by atoms with van der Waals surface area (Å²) in [5.74, 6) is 0. The Kier molecular flexibility index (Phi) is 4.64. The Hall–Kier alpha value is -1.49. The second-order valence-electron chi connectivity index (χ2n) is 7.09. The van der Waals surface area contributed by atoms with E-state index in [4.69, 9.17) is 13.9 Å². The fourth-order valence-corrected chi connectivity index (χ4v) is 3.09. The van der Waals surface area contributed by atoms with E-state index < -0.39 is 25.4 Å². The molecule has 0 saturated carbocycles. The lowest BCUT2D eigenvalue weighted by Gasteiger charge is -2.18. The summed E-state index contributed by atoms with van der Waals surface area (Å²) in [7, 11) is -1.75. The molecule has 0 spiro atoms. The van der Waals surface area contributed by atoms with Gasteiger partial charge in [0.05, 0.1) is 51.7 Å². The zero-order chi connectivity index (χ0) is 17.5. The van der Waals surface area contributed by atoms with Gasteiger partial charge in [-0.15, -0.1) is 0 Å². The molecule has 0 N–H and O–H groups in total. The van der Waals surface area contributed by atoms with Gasteiger partial charge in [0.1, 0.15) is 0 Å². The maximum Gasteiger partial charge on any atom is 0.336 e. The van der Waals surface area contributed by atoms with E-state index in [1.807, 2.05) is 19.6 Å². The highest BCUT2D eigenvalue weighted by Crippen LogP contribution is 2.10. The van der Waals surface area contributed by atoms with Crippen LogP contribution < -0.4 is 17.1 Å². The molecule has 2 aliphatic heterocycles. The van der Waals surface area contributed by atoms with Crippen molar-refractivity contribution in [3.63, 3.8) is 0 Å². The van der Waals surface area contributed by atoms with Crippen molar-refractivity contribution in [1.29, 1.82) is 0 Å². The normalized spacial score (nSPS) is 22.6. The fourth-order valence-electron chi connectivity index (χ4n) is 2.38. The van der Waals surface area contributed by atoms with Crippen molar-refractivity contribution in [2.75, 3.05) is 19.8 Å². The van der Waals surface area contributed by atoms with Gasteiger partial charge >= 0.3 is 17.1 Å². The number of rotatable bonds is 8. The van der Waals surface area contributed by atoms with Gasteiger partial charge in [0.25, 0.3) is 0 Å².